The molecule has 9 heteroatoms. The van der Waals surface area contributed by atoms with Crippen LogP contribution in [0.4, 0.5) is 5.69 Å². The molecule has 5 rings (SSSR count). The van der Waals surface area contributed by atoms with Gasteiger partial charge in [0.2, 0.25) is 11.8 Å². The third kappa shape index (κ3) is 4.96. The maximum absolute atomic E-state index is 13.1. The van der Waals surface area contributed by atoms with Gasteiger partial charge in [-0.15, -0.1) is 11.6 Å². The summed E-state index contributed by atoms with van der Waals surface area (Å²) in [6, 6.07) is 4.48. The van der Waals surface area contributed by atoms with Gasteiger partial charge in [0.1, 0.15) is 6.04 Å². The lowest BCUT2D eigenvalue weighted by molar-refractivity contribution is -0.136. The Bertz CT molecular complexity index is 1010. The third-order valence-electron chi connectivity index (χ3n) is 8.18. The van der Waals surface area contributed by atoms with Gasteiger partial charge >= 0.3 is 0 Å². The minimum atomic E-state index is -0.930. The van der Waals surface area contributed by atoms with Gasteiger partial charge in [0.05, 0.1) is 11.1 Å². The molecule has 188 valence electrons. The molecule has 4 aliphatic heterocycles. The molecular weight excluding hydrogens is 468 g/mol. The van der Waals surface area contributed by atoms with Gasteiger partial charge in [-0.25, -0.2) is 0 Å². The van der Waals surface area contributed by atoms with E-state index in [9.17, 15) is 19.2 Å². The minimum absolute atomic E-state index is 0.122. The molecule has 4 amide bonds. The molecule has 35 heavy (non-hydrogen) atoms. The van der Waals surface area contributed by atoms with Crippen molar-refractivity contribution in [3.05, 3.63) is 29.3 Å². The van der Waals surface area contributed by atoms with Gasteiger partial charge in [-0.05, 0) is 81.6 Å². The smallest absolute Gasteiger partial charge is 0.262 e. The van der Waals surface area contributed by atoms with Crippen molar-refractivity contribution in [1.82, 2.24) is 15.1 Å². The van der Waals surface area contributed by atoms with Crippen LogP contribution in [0, 0.1) is 11.8 Å². The van der Waals surface area contributed by atoms with Crippen molar-refractivity contribution in [3.63, 3.8) is 0 Å². The average Bonchev–Trinajstić information content (AvgIpc) is 3.10. The Labute approximate surface area is 210 Å². The first-order chi connectivity index (χ1) is 16.9. The first kappa shape index (κ1) is 24.3. The van der Waals surface area contributed by atoms with Crippen molar-refractivity contribution in [2.45, 2.75) is 51.0 Å². The zero-order valence-electron chi connectivity index (χ0n) is 20.0. The van der Waals surface area contributed by atoms with Crippen LogP contribution in [0.5, 0.6) is 0 Å². The van der Waals surface area contributed by atoms with Crippen LogP contribution < -0.4 is 10.2 Å². The molecule has 4 heterocycles. The quantitative estimate of drug-likeness (QED) is 0.477. The van der Waals surface area contributed by atoms with E-state index in [0.717, 1.165) is 68.0 Å². The fourth-order valence-corrected chi connectivity index (χ4v) is 6.36. The number of anilines is 1. The van der Waals surface area contributed by atoms with Crippen molar-refractivity contribution in [1.29, 1.82) is 0 Å². The summed E-state index contributed by atoms with van der Waals surface area (Å²) in [6.45, 7) is 5.19. The van der Waals surface area contributed by atoms with Crippen molar-refractivity contribution >= 4 is 40.9 Å². The van der Waals surface area contributed by atoms with Crippen LogP contribution in [0.25, 0.3) is 0 Å². The second-order valence-corrected chi connectivity index (χ2v) is 10.7. The number of nitrogens with zero attached hydrogens (tertiary/aromatic N) is 3. The summed E-state index contributed by atoms with van der Waals surface area (Å²) in [5, 5.41) is 2.24. The number of nitrogens with one attached hydrogen (secondary N) is 1. The molecule has 0 aliphatic carbocycles. The lowest BCUT2D eigenvalue weighted by Crippen LogP contribution is -2.54. The fraction of sp³-hybridized carbons (Fsp3) is 0.615. The summed E-state index contributed by atoms with van der Waals surface area (Å²) >= 11 is 5.88. The molecule has 3 fully saturated rings. The van der Waals surface area contributed by atoms with E-state index in [0.29, 0.717) is 17.0 Å². The van der Waals surface area contributed by atoms with Gasteiger partial charge in [-0.1, -0.05) is 0 Å². The number of alkyl halides is 1. The molecule has 1 aromatic rings. The number of halogens is 1. The molecule has 1 aromatic carbocycles. The van der Waals surface area contributed by atoms with Crippen molar-refractivity contribution < 1.29 is 19.2 Å². The van der Waals surface area contributed by atoms with Crippen molar-refractivity contribution in [2.24, 2.45) is 11.8 Å². The molecule has 1 atom stereocenters. The normalized spacial score (nSPS) is 24.8. The summed E-state index contributed by atoms with van der Waals surface area (Å²) in [5.41, 5.74) is 1.63. The lowest BCUT2D eigenvalue weighted by Gasteiger charge is -2.37. The highest BCUT2D eigenvalue weighted by atomic mass is 35.5. The molecule has 1 unspecified atom stereocenters. The SMILES string of the molecule is O=C1CCC(N2C(=O)c3ccc(N4CCC(CC5CCN(CCCl)CC5)CC4)cc3C2=O)C(=O)N1. The number of carbonyl (C=O) groups excluding carboxylic acids is 4. The second-order valence-electron chi connectivity index (χ2n) is 10.3. The molecule has 0 radical (unpaired) electrons. The molecule has 0 bridgehead atoms. The standard InChI is InChI=1S/C26H33ClN4O4/c27-9-14-29-10-5-17(6-11-29)15-18-7-12-30(13-8-18)19-1-2-20-21(16-19)26(35)31(25(20)34)22-3-4-23(32)28-24(22)33/h1-2,16-18,22H,3-15H2,(H,28,32,33). The van der Waals surface area contributed by atoms with Crippen molar-refractivity contribution in [3.8, 4) is 0 Å². The third-order valence-corrected chi connectivity index (χ3v) is 8.35. The fourth-order valence-electron chi connectivity index (χ4n) is 6.12. The molecule has 0 aromatic heterocycles. The van der Waals surface area contributed by atoms with Gasteiger partial charge in [0.15, 0.2) is 0 Å². The van der Waals surface area contributed by atoms with Crippen LogP contribution in [0.2, 0.25) is 0 Å². The average molecular weight is 501 g/mol. The second kappa shape index (κ2) is 10.3. The number of amides is 4. The van der Waals surface area contributed by atoms with Crippen LogP contribution in [0.3, 0.4) is 0 Å². The number of likely N-dealkylation sites (tertiary alicyclic amines) is 1. The molecule has 8 nitrogen and oxygen atoms in total. The van der Waals surface area contributed by atoms with Gasteiger partial charge in [-0.3, -0.25) is 29.4 Å². The summed E-state index contributed by atoms with van der Waals surface area (Å²) in [4.78, 5) is 55.6. The van der Waals surface area contributed by atoms with Gasteiger partial charge in [0.25, 0.3) is 11.8 Å². The summed E-state index contributed by atoms with van der Waals surface area (Å²) in [7, 11) is 0. The minimum Gasteiger partial charge on any atom is -0.371 e. The number of hydrogen-bond acceptors (Lipinski definition) is 6. The van der Waals surface area contributed by atoms with E-state index >= 15 is 0 Å². The van der Waals surface area contributed by atoms with E-state index in [1.165, 1.54) is 19.3 Å². The van der Waals surface area contributed by atoms with E-state index in [4.69, 9.17) is 11.6 Å². The summed E-state index contributed by atoms with van der Waals surface area (Å²) in [6.07, 6.45) is 6.38. The highest BCUT2D eigenvalue weighted by Crippen LogP contribution is 2.34. The zero-order valence-corrected chi connectivity index (χ0v) is 20.8. The van der Waals surface area contributed by atoms with E-state index in [1.807, 2.05) is 6.07 Å². The predicted molar refractivity (Wildman–Crippen MR) is 133 cm³/mol. The van der Waals surface area contributed by atoms with E-state index in [-0.39, 0.29) is 18.7 Å². The number of fused-ring (bicyclic) bond motifs is 1. The lowest BCUT2D eigenvalue weighted by atomic mass is 9.82. The largest absolute Gasteiger partial charge is 0.371 e. The topological polar surface area (TPSA) is 90.0 Å². The van der Waals surface area contributed by atoms with Crippen LogP contribution in [0.15, 0.2) is 18.2 Å². The zero-order chi connectivity index (χ0) is 24.5. The Hall–Kier alpha value is -2.45. The first-order valence-electron chi connectivity index (χ1n) is 12.8. The predicted octanol–water partition coefficient (Wildman–Crippen LogP) is 2.65. The van der Waals surface area contributed by atoms with E-state index < -0.39 is 23.8 Å². The monoisotopic (exact) mass is 500 g/mol. The Kier molecular flexibility index (Phi) is 7.12. The van der Waals surface area contributed by atoms with Crippen molar-refractivity contribution in [2.75, 3.05) is 43.5 Å². The Morgan fingerprint density at radius 1 is 0.857 bits per heavy atom. The number of carbonyl (C=O) groups is 4. The van der Waals surface area contributed by atoms with E-state index in [2.05, 4.69) is 15.1 Å². The van der Waals surface area contributed by atoms with Crippen LogP contribution >= 0.6 is 11.6 Å². The molecular formula is C26H33ClN4O4. The number of imide groups is 2. The molecule has 1 N–H and O–H groups in total. The number of piperidine rings is 3. The maximum atomic E-state index is 13.1. The molecule has 0 spiro atoms. The van der Waals surface area contributed by atoms with Crippen LogP contribution in [-0.2, 0) is 9.59 Å². The molecule has 3 saturated heterocycles. The summed E-state index contributed by atoms with van der Waals surface area (Å²) < 4.78 is 0. The Morgan fingerprint density at radius 2 is 1.51 bits per heavy atom. The molecule has 0 saturated carbocycles. The van der Waals surface area contributed by atoms with Gasteiger partial charge in [-0.2, -0.15) is 0 Å². The van der Waals surface area contributed by atoms with Crippen LogP contribution in [-0.4, -0.2) is 78.1 Å². The summed E-state index contributed by atoms with van der Waals surface area (Å²) in [5.74, 6) is 0.392. The Morgan fingerprint density at radius 3 is 2.17 bits per heavy atom. The Balaban J connectivity index is 1.18. The number of hydrogen-bond donors (Lipinski definition) is 1. The number of benzene rings is 1. The molecule has 4 aliphatic rings. The van der Waals surface area contributed by atoms with Crippen LogP contribution in [0.1, 0.15) is 65.7 Å². The highest BCUT2D eigenvalue weighted by molar-refractivity contribution is 6.23. The van der Waals surface area contributed by atoms with Gasteiger partial charge in [0, 0.05) is 37.6 Å². The van der Waals surface area contributed by atoms with Gasteiger partial charge < -0.3 is 9.80 Å². The van der Waals surface area contributed by atoms with E-state index in [1.54, 1.807) is 12.1 Å². The number of rotatable bonds is 6. The highest BCUT2D eigenvalue weighted by Gasteiger charge is 2.44. The first-order valence-corrected chi connectivity index (χ1v) is 13.4. The maximum Gasteiger partial charge on any atom is 0.262 e.